The molecule has 1 N–H and O–H groups in total. The van der Waals surface area contributed by atoms with Crippen LogP contribution in [-0.2, 0) is 4.74 Å². The van der Waals surface area contributed by atoms with E-state index in [2.05, 4.69) is 15.3 Å². The monoisotopic (exact) mass is 438 g/mol. The van der Waals surface area contributed by atoms with Crippen LogP contribution in [0, 0.1) is 15.9 Å². The van der Waals surface area contributed by atoms with Gasteiger partial charge >= 0.3 is 5.69 Å². The molecule has 1 aliphatic heterocycles. The molecule has 8 nitrogen and oxygen atoms in total. The van der Waals surface area contributed by atoms with Crippen molar-refractivity contribution in [3.63, 3.8) is 0 Å². The number of fused-ring (bicyclic) bond motifs is 1. The molecule has 1 unspecified atom stereocenters. The van der Waals surface area contributed by atoms with E-state index < -0.39 is 10.7 Å². The molecule has 1 aromatic heterocycles. The lowest BCUT2D eigenvalue weighted by atomic mass is 10.2. The predicted molar refractivity (Wildman–Crippen MR) is 106 cm³/mol. The molecule has 2 heterocycles. The van der Waals surface area contributed by atoms with Crippen molar-refractivity contribution in [2.75, 3.05) is 18.5 Å². The number of ether oxygens (including phenoxy) is 2. The number of nitrogens with one attached hydrogen (secondary N) is 1. The molecular weight excluding hydrogens is 426 g/mol. The smallest absolute Gasteiger partial charge is 0.311 e. The van der Waals surface area contributed by atoms with Crippen molar-refractivity contribution in [1.29, 1.82) is 0 Å². The van der Waals surface area contributed by atoms with Crippen molar-refractivity contribution in [2.45, 2.75) is 12.5 Å². The summed E-state index contributed by atoms with van der Waals surface area (Å²) in [6, 6.07) is 5.57. The molecule has 3 aromatic rings. The quantitative estimate of drug-likeness (QED) is 0.343. The minimum absolute atomic E-state index is 0.0190. The largest absolute Gasteiger partial charge is 0.481 e. The van der Waals surface area contributed by atoms with Gasteiger partial charge in [-0.1, -0.05) is 23.2 Å². The summed E-state index contributed by atoms with van der Waals surface area (Å²) in [7, 11) is 0. The standard InChI is InChI=1S/C18H13Cl2FN4O4/c19-11-1-2-12(17(21)16(11)20)24-18-10-5-14(25(26)27)15(6-13(10)22-8-23-18)29-9-3-4-28-7-9/h1-2,5-6,8-9H,3-4,7H2,(H,22,23,24). The third-order valence-electron chi connectivity index (χ3n) is 4.38. The zero-order chi connectivity index (χ0) is 20.5. The van der Waals surface area contributed by atoms with Gasteiger partial charge in [-0.25, -0.2) is 14.4 Å². The number of aromatic nitrogens is 2. The molecule has 0 saturated carbocycles. The van der Waals surface area contributed by atoms with Crippen LogP contribution in [-0.4, -0.2) is 34.2 Å². The summed E-state index contributed by atoms with van der Waals surface area (Å²) in [5.74, 6) is -0.504. The first kappa shape index (κ1) is 19.6. The second kappa shape index (κ2) is 7.94. The second-order valence-electron chi connectivity index (χ2n) is 6.27. The van der Waals surface area contributed by atoms with E-state index in [1.165, 1.54) is 30.6 Å². The second-order valence-corrected chi connectivity index (χ2v) is 7.05. The Morgan fingerprint density at radius 3 is 2.86 bits per heavy atom. The van der Waals surface area contributed by atoms with Crippen LogP contribution < -0.4 is 10.1 Å². The van der Waals surface area contributed by atoms with Gasteiger partial charge in [0.25, 0.3) is 0 Å². The summed E-state index contributed by atoms with van der Waals surface area (Å²) in [5.41, 5.74) is 0.157. The van der Waals surface area contributed by atoms with E-state index in [1.54, 1.807) is 0 Å². The van der Waals surface area contributed by atoms with Crippen molar-refractivity contribution in [3.05, 3.63) is 56.6 Å². The first-order valence-corrected chi connectivity index (χ1v) is 9.27. The number of rotatable bonds is 5. The molecule has 0 bridgehead atoms. The van der Waals surface area contributed by atoms with E-state index in [0.717, 1.165) is 0 Å². The average Bonchev–Trinajstić information content (AvgIpc) is 3.21. The summed E-state index contributed by atoms with van der Waals surface area (Å²) in [5, 5.41) is 14.5. The lowest BCUT2D eigenvalue weighted by Crippen LogP contribution is -2.16. The van der Waals surface area contributed by atoms with Crippen molar-refractivity contribution in [2.24, 2.45) is 0 Å². The Hall–Kier alpha value is -2.75. The maximum Gasteiger partial charge on any atom is 0.311 e. The Bertz CT molecular complexity index is 1110. The summed E-state index contributed by atoms with van der Waals surface area (Å²) in [6.45, 7) is 0.903. The van der Waals surface area contributed by atoms with E-state index >= 15 is 0 Å². The van der Waals surface area contributed by atoms with Gasteiger partial charge in [0.15, 0.2) is 11.6 Å². The van der Waals surface area contributed by atoms with Gasteiger partial charge in [0.1, 0.15) is 18.2 Å². The number of hydrogen-bond acceptors (Lipinski definition) is 7. The summed E-state index contributed by atoms with van der Waals surface area (Å²) >= 11 is 11.6. The van der Waals surface area contributed by atoms with Crippen LogP contribution in [0.1, 0.15) is 6.42 Å². The van der Waals surface area contributed by atoms with Crippen molar-refractivity contribution < 1.29 is 18.8 Å². The topological polar surface area (TPSA) is 99.4 Å². The van der Waals surface area contributed by atoms with Crippen LogP contribution in [0.2, 0.25) is 10.0 Å². The molecular formula is C18H13Cl2FN4O4. The zero-order valence-electron chi connectivity index (χ0n) is 14.7. The fourth-order valence-electron chi connectivity index (χ4n) is 2.94. The van der Waals surface area contributed by atoms with E-state index in [0.29, 0.717) is 30.5 Å². The van der Waals surface area contributed by atoms with E-state index in [1.807, 2.05) is 0 Å². The average molecular weight is 439 g/mol. The molecule has 1 atom stereocenters. The minimum atomic E-state index is -0.762. The van der Waals surface area contributed by atoms with Gasteiger partial charge < -0.3 is 14.8 Å². The zero-order valence-corrected chi connectivity index (χ0v) is 16.2. The van der Waals surface area contributed by atoms with Crippen LogP contribution >= 0.6 is 23.2 Å². The van der Waals surface area contributed by atoms with Crippen LogP contribution in [0.25, 0.3) is 10.9 Å². The molecule has 29 heavy (non-hydrogen) atoms. The van der Waals surface area contributed by atoms with Crippen LogP contribution in [0.4, 0.5) is 21.6 Å². The van der Waals surface area contributed by atoms with Crippen molar-refractivity contribution in [3.8, 4) is 5.75 Å². The summed E-state index contributed by atoms with van der Waals surface area (Å²) in [6.07, 6.45) is 1.63. The number of nitro benzene ring substituents is 1. The third kappa shape index (κ3) is 3.89. The number of nitro groups is 1. The molecule has 0 aliphatic carbocycles. The van der Waals surface area contributed by atoms with Gasteiger partial charge in [-0.2, -0.15) is 0 Å². The number of benzene rings is 2. The van der Waals surface area contributed by atoms with Crippen LogP contribution in [0.15, 0.2) is 30.6 Å². The first-order chi connectivity index (χ1) is 13.9. The molecule has 4 rings (SSSR count). The molecule has 11 heteroatoms. The lowest BCUT2D eigenvalue weighted by molar-refractivity contribution is -0.385. The number of hydrogen-bond donors (Lipinski definition) is 1. The minimum Gasteiger partial charge on any atom is -0.481 e. The first-order valence-electron chi connectivity index (χ1n) is 8.52. The maximum absolute atomic E-state index is 14.4. The molecule has 0 amide bonds. The van der Waals surface area contributed by atoms with E-state index in [4.69, 9.17) is 32.7 Å². The fraction of sp³-hybridized carbons (Fsp3) is 0.222. The highest BCUT2D eigenvalue weighted by atomic mass is 35.5. The Labute approximate surface area is 173 Å². The maximum atomic E-state index is 14.4. The van der Waals surface area contributed by atoms with Gasteiger partial charge in [-0.3, -0.25) is 10.1 Å². The van der Waals surface area contributed by atoms with E-state index in [-0.39, 0.29) is 39.1 Å². The van der Waals surface area contributed by atoms with Crippen molar-refractivity contribution in [1.82, 2.24) is 9.97 Å². The highest BCUT2D eigenvalue weighted by Gasteiger charge is 2.25. The van der Waals surface area contributed by atoms with Gasteiger partial charge in [-0.05, 0) is 12.1 Å². The highest BCUT2D eigenvalue weighted by Crippen LogP contribution is 2.37. The van der Waals surface area contributed by atoms with Crippen molar-refractivity contribution >= 4 is 51.3 Å². The number of nitrogens with zero attached hydrogens (tertiary/aromatic N) is 3. The van der Waals surface area contributed by atoms with E-state index in [9.17, 15) is 14.5 Å². The Morgan fingerprint density at radius 2 is 2.14 bits per heavy atom. The van der Waals surface area contributed by atoms with Gasteiger partial charge in [0, 0.05) is 18.6 Å². The normalized spacial score (nSPS) is 16.2. The van der Waals surface area contributed by atoms with Gasteiger partial charge in [0.2, 0.25) is 0 Å². The highest BCUT2D eigenvalue weighted by molar-refractivity contribution is 6.42. The molecule has 2 aromatic carbocycles. The fourth-order valence-corrected chi connectivity index (χ4v) is 3.26. The predicted octanol–water partition coefficient (Wildman–Crippen LogP) is 4.90. The number of halogens is 3. The molecule has 1 saturated heterocycles. The van der Waals surface area contributed by atoms with Gasteiger partial charge in [0.05, 0.1) is 44.8 Å². The Kier molecular flexibility index (Phi) is 5.35. The molecule has 150 valence electrons. The Morgan fingerprint density at radius 1 is 1.31 bits per heavy atom. The molecule has 0 spiro atoms. The Balaban J connectivity index is 1.77. The molecule has 1 aliphatic rings. The van der Waals surface area contributed by atoms with Gasteiger partial charge in [-0.15, -0.1) is 0 Å². The van der Waals surface area contributed by atoms with Crippen LogP contribution in [0.3, 0.4) is 0 Å². The molecule has 0 radical (unpaired) electrons. The number of anilines is 2. The summed E-state index contributed by atoms with van der Waals surface area (Å²) in [4.78, 5) is 19.3. The van der Waals surface area contributed by atoms with Crippen LogP contribution in [0.5, 0.6) is 5.75 Å². The molecule has 1 fully saturated rings. The SMILES string of the molecule is O=[N+]([O-])c1cc2c(Nc3ccc(Cl)c(Cl)c3F)ncnc2cc1OC1CCOC1. The lowest BCUT2D eigenvalue weighted by Gasteiger charge is -2.14. The summed E-state index contributed by atoms with van der Waals surface area (Å²) < 4.78 is 25.4. The third-order valence-corrected chi connectivity index (χ3v) is 5.16.